The molecule has 200 valence electrons. The Kier molecular flexibility index (Phi) is 16.0. The van der Waals surface area contributed by atoms with Crippen molar-refractivity contribution in [2.45, 2.75) is 96.8 Å². The Labute approximate surface area is 218 Å². The van der Waals surface area contributed by atoms with Crippen LogP contribution in [0.1, 0.15) is 96.0 Å². The molecular formula is C31H47NO4. The van der Waals surface area contributed by atoms with Gasteiger partial charge in [0.15, 0.2) is 0 Å². The van der Waals surface area contributed by atoms with Crippen molar-refractivity contribution in [1.29, 1.82) is 0 Å². The standard InChI is InChI=1S/C31H47NO4/c1-2-3-4-5-6-7-8-9-10-11-12-13-14-16-27-19-21-30(22-20-27)35-23-24-36-31(34)26-32-28-17-15-18-29(33)25-28/h15,17-22,25,32-33H,2-14,16,23-24,26H2,1H3. The number of phenolic OH excluding ortho intramolecular Hbond substituents is 1. The third-order valence-corrected chi connectivity index (χ3v) is 6.39. The summed E-state index contributed by atoms with van der Waals surface area (Å²) in [6.07, 6.45) is 19.0. The molecule has 0 saturated carbocycles. The molecule has 2 aromatic carbocycles. The van der Waals surface area contributed by atoms with Crippen molar-refractivity contribution < 1.29 is 19.4 Å². The summed E-state index contributed by atoms with van der Waals surface area (Å²) in [5.74, 6) is 0.574. The van der Waals surface area contributed by atoms with Gasteiger partial charge in [-0.25, -0.2) is 0 Å². The van der Waals surface area contributed by atoms with Crippen LogP contribution in [0.15, 0.2) is 48.5 Å². The number of phenols is 1. The highest BCUT2D eigenvalue weighted by Gasteiger charge is 2.04. The third kappa shape index (κ3) is 14.7. The molecule has 0 saturated heterocycles. The number of esters is 1. The van der Waals surface area contributed by atoms with Crippen LogP contribution in [0.3, 0.4) is 0 Å². The summed E-state index contributed by atoms with van der Waals surface area (Å²) in [5.41, 5.74) is 2.01. The number of carbonyl (C=O) groups is 1. The number of anilines is 1. The van der Waals surface area contributed by atoms with Gasteiger partial charge < -0.3 is 19.9 Å². The van der Waals surface area contributed by atoms with E-state index in [2.05, 4.69) is 24.4 Å². The van der Waals surface area contributed by atoms with Crippen LogP contribution in [-0.4, -0.2) is 30.8 Å². The molecular weight excluding hydrogens is 450 g/mol. The van der Waals surface area contributed by atoms with Crippen LogP contribution in [-0.2, 0) is 16.0 Å². The number of nitrogens with one attached hydrogen (secondary N) is 1. The third-order valence-electron chi connectivity index (χ3n) is 6.39. The number of aromatic hydroxyl groups is 1. The molecule has 0 atom stereocenters. The van der Waals surface area contributed by atoms with Crippen molar-refractivity contribution in [1.82, 2.24) is 0 Å². The summed E-state index contributed by atoms with van der Waals surface area (Å²) in [7, 11) is 0. The Morgan fingerprint density at radius 3 is 2.00 bits per heavy atom. The Morgan fingerprint density at radius 1 is 0.778 bits per heavy atom. The van der Waals surface area contributed by atoms with Crippen LogP contribution < -0.4 is 10.1 Å². The number of rotatable bonds is 21. The van der Waals surface area contributed by atoms with Crippen LogP contribution in [0, 0.1) is 0 Å². The second-order valence-electron chi connectivity index (χ2n) is 9.61. The van der Waals surface area contributed by atoms with Crippen LogP contribution in [0.25, 0.3) is 0 Å². The summed E-state index contributed by atoms with van der Waals surface area (Å²) in [6, 6.07) is 14.8. The second-order valence-corrected chi connectivity index (χ2v) is 9.61. The molecule has 0 bridgehead atoms. The minimum atomic E-state index is -0.366. The van der Waals surface area contributed by atoms with E-state index in [-0.39, 0.29) is 24.9 Å². The van der Waals surface area contributed by atoms with Gasteiger partial charge in [-0.2, -0.15) is 0 Å². The Morgan fingerprint density at radius 2 is 1.39 bits per heavy atom. The molecule has 0 amide bonds. The zero-order valence-electron chi connectivity index (χ0n) is 22.3. The Bertz CT molecular complexity index is 822. The van der Waals surface area contributed by atoms with Gasteiger partial charge in [-0.1, -0.05) is 102 Å². The first kappa shape index (κ1) is 29.5. The molecule has 0 aliphatic heterocycles. The molecule has 2 rings (SSSR count). The van der Waals surface area contributed by atoms with E-state index < -0.39 is 0 Å². The molecule has 0 fully saturated rings. The number of benzene rings is 2. The smallest absolute Gasteiger partial charge is 0.325 e. The van der Waals surface area contributed by atoms with E-state index in [1.54, 1.807) is 24.3 Å². The Hall–Kier alpha value is -2.69. The van der Waals surface area contributed by atoms with Gasteiger partial charge >= 0.3 is 5.97 Å². The normalized spacial score (nSPS) is 10.8. The summed E-state index contributed by atoms with van der Waals surface area (Å²) in [5, 5.41) is 12.4. The van der Waals surface area contributed by atoms with Crippen LogP contribution in [0.5, 0.6) is 11.5 Å². The lowest BCUT2D eigenvalue weighted by Crippen LogP contribution is -2.19. The monoisotopic (exact) mass is 497 g/mol. The zero-order valence-corrected chi connectivity index (χ0v) is 22.3. The first-order valence-electron chi connectivity index (χ1n) is 14.1. The molecule has 36 heavy (non-hydrogen) atoms. The predicted octanol–water partition coefficient (Wildman–Crippen LogP) is 8.06. The summed E-state index contributed by atoms with van der Waals surface area (Å²) in [6.45, 7) is 2.83. The maximum atomic E-state index is 11.8. The number of unbranched alkanes of at least 4 members (excludes halogenated alkanes) is 12. The SMILES string of the molecule is CCCCCCCCCCCCCCCc1ccc(OCCOC(=O)CNc2cccc(O)c2)cc1. The summed E-state index contributed by atoms with van der Waals surface area (Å²) in [4.78, 5) is 11.8. The first-order chi connectivity index (χ1) is 17.7. The van der Waals surface area contributed by atoms with Gasteiger partial charge in [0.1, 0.15) is 31.3 Å². The molecule has 0 heterocycles. The van der Waals surface area contributed by atoms with Gasteiger partial charge in [0, 0.05) is 11.8 Å². The van der Waals surface area contributed by atoms with Gasteiger partial charge in [0.25, 0.3) is 0 Å². The molecule has 2 aromatic rings. The van der Waals surface area contributed by atoms with Crippen LogP contribution in [0.2, 0.25) is 0 Å². The number of hydrogen-bond acceptors (Lipinski definition) is 5. The fraction of sp³-hybridized carbons (Fsp3) is 0.581. The van der Waals surface area contributed by atoms with Crippen molar-refractivity contribution in [2.24, 2.45) is 0 Å². The highest BCUT2D eigenvalue weighted by atomic mass is 16.6. The molecule has 0 aromatic heterocycles. The minimum absolute atomic E-state index is 0.0390. The largest absolute Gasteiger partial charge is 0.508 e. The molecule has 0 unspecified atom stereocenters. The van der Waals surface area contributed by atoms with Gasteiger partial charge in [-0.3, -0.25) is 4.79 Å². The van der Waals surface area contributed by atoms with Crippen LogP contribution in [0.4, 0.5) is 5.69 Å². The van der Waals surface area contributed by atoms with Crippen molar-refractivity contribution in [3.05, 3.63) is 54.1 Å². The van der Waals surface area contributed by atoms with E-state index in [1.165, 1.54) is 89.0 Å². The van der Waals surface area contributed by atoms with Crippen molar-refractivity contribution in [2.75, 3.05) is 25.1 Å². The predicted molar refractivity (Wildman–Crippen MR) is 149 cm³/mol. The number of ether oxygens (including phenoxy) is 2. The highest BCUT2D eigenvalue weighted by Crippen LogP contribution is 2.17. The van der Waals surface area contributed by atoms with E-state index in [0.29, 0.717) is 12.3 Å². The zero-order chi connectivity index (χ0) is 25.7. The highest BCUT2D eigenvalue weighted by molar-refractivity contribution is 5.75. The molecule has 0 radical (unpaired) electrons. The molecule has 5 nitrogen and oxygen atoms in total. The van der Waals surface area contributed by atoms with Gasteiger partial charge in [0.05, 0.1) is 0 Å². The Balaban J connectivity index is 1.42. The molecule has 2 N–H and O–H groups in total. The van der Waals surface area contributed by atoms with E-state index >= 15 is 0 Å². The molecule has 5 heteroatoms. The quantitative estimate of drug-likeness (QED) is 0.135. The minimum Gasteiger partial charge on any atom is -0.508 e. The van der Waals surface area contributed by atoms with Crippen molar-refractivity contribution >= 4 is 11.7 Å². The average molecular weight is 498 g/mol. The fourth-order valence-electron chi connectivity index (χ4n) is 4.26. The van der Waals surface area contributed by atoms with E-state index in [1.807, 2.05) is 12.1 Å². The maximum absolute atomic E-state index is 11.8. The van der Waals surface area contributed by atoms with Gasteiger partial charge in [-0.05, 0) is 42.7 Å². The molecule has 0 spiro atoms. The van der Waals surface area contributed by atoms with Crippen molar-refractivity contribution in [3.8, 4) is 11.5 Å². The maximum Gasteiger partial charge on any atom is 0.325 e. The lowest BCUT2D eigenvalue weighted by molar-refractivity contribution is -0.142. The second kappa shape index (κ2) is 19.5. The lowest BCUT2D eigenvalue weighted by Gasteiger charge is -2.09. The lowest BCUT2D eigenvalue weighted by atomic mass is 10.0. The van der Waals surface area contributed by atoms with E-state index in [9.17, 15) is 9.90 Å². The van der Waals surface area contributed by atoms with E-state index in [4.69, 9.17) is 9.47 Å². The van der Waals surface area contributed by atoms with Crippen LogP contribution >= 0.6 is 0 Å². The summed E-state index contributed by atoms with van der Waals surface area (Å²) < 4.78 is 10.9. The van der Waals surface area contributed by atoms with E-state index in [0.717, 1.165) is 12.2 Å². The fourth-order valence-corrected chi connectivity index (χ4v) is 4.26. The summed E-state index contributed by atoms with van der Waals surface area (Å²) >= 11 is 0. The van der Waals surface area contributed by atoms with Crippen molar-refractivity contribution in [3.63, 3.8) is 0 Å². The average Bonchev–Trinajstić information content (AvgIpc) is 2.89. The van der Waals surface area contributed by atoms with Gasteiger partial charge in [0.2, 0.25) is 0 Å². The van der Waals surface area contributed by atoms with Gasteiger partial charge in [-0.15, -0.1) is 0 Å². The first-order valence-corrected chi connectivity index (χ1v) is 14.1. The topological polar surface area (TPSA) is 67.8 Å². The number of hydrogen-bond donors (Lipinski definition) is 2. The molecule has 0 aliphatic rings. The number of carbonyl (C=O) groups excluding carboxylic acids is 1. The molecule has 0 aliphatic carbocycles. The number of aryl methyl sites for hydroxylation is 1.